The van der Waals surface area contributed by atoms with Crippen molar-refractivity contribution in [3.05, 3.63) is 114 Å². The Labute approximate surface area is 206 Å². The lowest BCUT2D eigenvalue weighted by atomic mass is 10.2. The fourth-order valence-electron chi connectivity index (χ4n) is 3.53. The van der Waals surface area contributed by atoms with Gasteiger partial charge in [0.2, 0.25) is 10.0 Å². The second-order valence-corrected chi connectivity index (χ2v) is 10.00. The van der Waals surface area contributed by atoms with Gasteiger partial charge in [-0.25, -0.2) is 8.42 Å². The van der Waals surface area contributed by atoms with Crippen molar-refractivity contribution < 1.29 is 17.6 Å². The van der Waals surface area contributed by atoms with E-state index in [0.717, 1.165) is 22.6 Å². The average molecular weight is 489 g/mol. The molecule has 180 valence electrons. The number of benzene rings is 3. The van der Waals surface area contributed by atoms with Gasteiger partial charge >= 0.3 is 0 Å². The quantitative estimate of drug-likeness (QED) is 0.252. The maximum Gasteiger partial charge on any atom is 0.243 e. The molecule has 0 saturated carbocycles. The fraction of sp³-hybridized carbons (Fsp3) is 0.179. The predicted octanol–water partition coefficient (Wildman–Crippen LogP) is 6.13. The molecule has 6 nitrogen and oxygen atoms in total. The molecule has 0 aliphatic heterocycles. The number of aliphatic imine (C=N–C) groups is 1. The Hall–Kier alpha value is -3.68. The van der Waals surface area contributed by atoms with Crippen LogP contribution in [-0.2, 0) is 23.1 Å². The monoisotopic (exact) mass is 488 g/mol. The number of aryl methyl sites for hydroxylation is 1. The Balaban J connectivity index is 1.53. The smallest absolute Gasteiger partial charge is 0.243 e. The number of hydrogen-bond acceptors (Lipinski definition) is 5. The van der Waals surface area contributed by atoms with Crippen LogP contribution in [0, 0.1) is 6.92 Å². The molecule has 0 amide bonds. The van der Waals surface area contributed by atoms with E-state index in [2.05, 4.69) is 4.99 Å². The van der Waals surface area contributed by atoms with Crippen LogP contribution in [0.1, 0.15) is 29.6 Å². The van der Waals surface area contributed by atoms with E-state index in [-0.39, 0.29) is 18.0 Å². The molecule has 0 fully saturated rings. The van der Waals surface area contributed by atoms with E-state index in [0.29, 0.717) is 18.1 Å². The summed E-state index contributed by atoms with van der Waals surface area (Å²) < 4.78 is 39.8. The van der Waals surface area contributed by atoms with Crippen molar-refractivity contribution in [1.29, 1.82) is 0 Å². The van der Waals surface area contributed by atoms with E-state index in [4.69, 9.17) is 9.15 Å². The molecule has 0 bridgehead atoms. The highest BCUT2D eigenvalue weighted by Gasteiger charge is 2.26. The van der Waals surface area contributed by atoms with Crippen LogP contribution >= 0.6 is 0 Å². The van der Waals surface area contributed by atoms with E-state index in [1.807, 2.05) is 68.4 Å². The molecule has 7 heteroatoms. The van der Waals surface area contributed by atoms with Crippen molar-refractivity contribution in [2.24, 2.45) is 4.99 Å². The fourth-order valence-corrected chi connectivity index (χ4v) is 4.92. The first-order valence-corrected chi connectivity index (χ1v) is 12.8. The van der Waals surface area contributed by atoms with Crippen LogP contribution in [0.5, 0.6) is 5.75 Å². The third-order valence-electron chi connectivity index (χ3n) is 5.36. The molecule has 35 heavy (non-hydrogen) atoms. The van der Waals surface area contributed by atoms with Crippen LogP contribution in [0.2, 0.25) is 0 Å². The summed E-state index contributed by atoms with van der Waals surface area (Å²) in [5, 5.41) is 0. The lowest BCUT2D eigenvalue weighted by Crippen LogP contribution is -2.30. The van der Waals surface area contributed by atoms with Crippen molar-refractivity contribution in [2.45, 2.75) is 31.8 Å². The van der Waals surface area contributed by atoms with Gasteiger partial charge < -0.3 is 9.15 Å². The van der Waals surface area contributed by atoms with Gasteiger partial charge in [0.25, 0.3) is 0 Å². The Morgan fingerprint density at radius 1 is 0.886 bits per heavy atom. The van der Waals surface area contributed by atoms with Crippen LogP contribution in [0.4, 0.5) is 5.69 Å². The van der Waals surface area contributed by atoms with Crippen molar-refractivity contribution >= 4 is 21.9 Å². The summed E-state index contributed by atoms with van der Waals surface area (Å²) in [6.07, 6.45) is 1.62. The van der Waals surface area contributed by atoms with E-state index in [9.17, 15) is 8.42 Å². The van der Waals surface area contributed by atoms with Gasteiger partial charge in [-0.2, -0.15) is 4.31 Å². The van der Waals surface area contributed by atoms with Crippen molar-refractivity contribution in [1.82, 2.24) is 4.31 Å². The first-order chi connectivity index (χ1) is 16.9. The molecular formula is C28H28N2O4S. The minimum absolute atomic E-state index is 0.0992. The molecule has 0 radical (unpaired) electrons. The molecule has 0 spiro atoms. The lowest BCUT2D eigenvalue weighted by molar-refractivity contribution is 0.340. The SMILES string of the molecule is CCOc1ccc(N=Cc2ccc(CN(Cc3ccccc3)S(=O)(=O)c3ccc(C)cc3)o2)cc1. The summed E-state index contributed by atoms with van der Waals surface area (Å²) in [5.41, 5.74) is 2.66. The normalized spacial score (nSPS) is 11.9. The van der Waals surface area contributed by atoms with E-state index in [1.54, 1.807) is 42.6 Å². The summed E-state index contributed by atoms with van der Waals surface area (Å²) in [6.45, 7) is 4.80. The standard InChI is InChI=1S/C28H28N2O4S/c1-3-33-25-13-11-24(12-14-25)29-19-26-15-16-27(34-26)21-30(20-23-7-5-4-6-8-23)35(31,32)28-17-9-22(2)10-18-28/h4-19H,3,20-21H2,1-2H3. The van der Waals surface area contributed by atoms with Crippen molar-refractivity contribution in [2.75, 3.05) is 6.61 Å². The minimum atomic E-state index is -3.74. The molecule has 0 aliphatic rings. The Morgan fingerprint density at radius 3 is 2.29 bits per heavy atom. The van der Waals surface area contributed by atoms with Gasteiger partial charge in [0.05, 0.1) is 29.9 Å². The number of sulfonamides is 1. The predicted molar refractivity (Wildman–Crippen MR) is 138 cm³/mol. The van der Waals surface area contributed by atoms with Gasteiger partial charge in [-0.3, -0.25) is 4.99 Å². The van der Waals surface area contributed by atoms with E-state index >= 15 is 0 Å². The topological polar surface area (TPSA) is 72.1 Å². The van der Waals surface area contributed by atoms with Crippen LogP contribution in [0.3, 0.4) is 0 Å². The number of furan rings is 1. The summed E-state index contributed by atoms with van der Waals surface area (Å²) in [7, 11) is -3.74. The molecule has 4 aromatic rings. The highest BCUT2D eigenvalue weighted by atomic mass is 32.2. The number of nitrogens with zero attached hydrogens (tertiary/aromatic N) is 2. The Morgan fingerprint density at radius 2 is 1.60 bits per heavy atom. The van der Waals surface area contributed by atoms with Gasteiger partial charge in [-0.05, 0) is 67.9 Å². The Kier molecular flexibility index (Phi) is 7.80. The summed E-state index contributed by atoms with van der Waals surface area (Å²) >= 11 is 0. The van der Waals surface area contributed by atoms with Gasteiger partial charge in [-0.15, -0.1) is 0 Å². The van der Waals surface area contributed by atoms with Crippen molar-refractivity contribution in [3.63, 3.8) is 0 Å². The summed E-state index contributed by atoms with van der Waals surface area (Å²) in [6, 6.07) is 27.4. The number of rotatable bonds is 10. The number of hydrogen-bond donors (Lipinski definition) is 0. The molecule has 0 aliphatic carbocycles. The van der Waals surface area contributed by atoms with Crippen molar-refractivity contribution in [3.8, 4) is 5.75 Å². The van der Waals surface area contributed by atoms with Crippen LogP contribution in [0.25, 0.3) is 0 Å². The average Bonchev–Trinajstić information content (AvgIpc) is 3.32. The molecular weight excluding hydrogens is 460 g/mol. The maximum atomic E-state index is 13.5. The lowest BCUT2D eigenvalue weighted by Gasteiger charge is -2.21. The minimum Gasteiger partial charge on any atom is -0.494 e. The summed E-state index contributed by atoms with van der Waals surface area (Å²) in [5.74, 6) is 1.87. The zero-order valence-electron chi connectivity index (χ0n) is 19.8. The highest BCUT2D eigenvalue weighted by Crippen LogP contribution is 2.23. The first-order valence-electron chi connectivity index (χ1n) is 11.4. The van der Waals surface area contributed by atoms with E-state index < -0.39 is 10.0 Å². The second-order valence-electron chi connectivity index (χ2n) is 8.06. The molecule has 0 unspecified atom stereocenters. The molecule has 1 aromatic heterocycles. The molecule has 0 saturated heterocycles. The van der Waals surface area contributed by atoms with Gasteiger partial charge in [-0.1, -0.05) is 48.0 Å². The zero-order valence-corrected chi connectivity index (χ0v) is 20.6. The maximum absolute atomic E-state index is 13.5. The third-order valence-corrected chi connectivity index (χ3v) is 7.17. The van der Waals surface area contributed by atoms with E-state index in [1.165, 1.54) is 4.31 Å². The van der Waals surface area contributed by atoms with Gasteiger partial charge in [0.1, 0.15) is 17.3 Å². The van der Waals surface area contributed by atoms with Gasteiger partial charge in [0.15, 0.2) is 0 Å². The third kappa shape index (κ3) is 6.47. The van der Waals surface area contributed by atoms with Crippen LogP contribution < -0.4 is 4.74 Å². The molecule has 0 atom stereocenters. The molecule has 3 aromatic carbocycles. The largest absolute Gasteiger partial charge is 0.494 e. The summed E-state index contributed by atoms with van der Waals surface area (Å²) in [4.78, 5) is 4.69. The second kappa shape index (κ2) is 11.2. The Bertz CT molecular complexity index is 1360. The van der Waals surface area contributed by atoms with Gasteiger partial charge in [0, 0.05) is 6.54 Å². The first kappa shape index (κ1) is 24.4. The molecule has 0 N–H and O–H groups in total. The number of ether oxygens (including phenoxy) is 1. The molecule has 4 rings (SSSR count). The highest BCUT2D eigenvalue weighted by molar-refractivity contribution is 7.89. The zero-order chi connectivity index (χ0) is 24.7. The van der Waals surface area contributed by atoms with Crippen LogP contribution in [-0.4, -0.2) is 25.5 Å². The van der Waals surface area contributed by atoms with Crippen LogP contribution in [0.15, 0.2) is 105 Å². The molecule has 1 heterocycles.